The second kappa shape index (κ2) is 8.55. The highest BCUT2D eigenvalue weighted by Crippen LogP contribution is 2.25. The number of likely N-dealkylation sites (tertiary alicyclic amines) is 1. The topological polar surface area (TPSA) is 29.3 Å². The Morgan fingerprint density at radius 3 is 2.43 bits per heavy atom. The van der Waals surface area contributed by atoms with Gasteiger partial charge in [0, 0.05) is 12.6 Å². The first kappa shape index (κ1) is 16.5. The minimum absolute atomic E-state index is 0.586. The molecule has 2 atom stereocenters. The highest BCUT2D eigenvalue weighted by Gasteiger charge is 2.27. The SMILES string of the molecule is CCCC(C)C(CN)N1CCC(Cc2ccccc2)CC1. The summed E-state index contributed by atoms with van der Waals surface area (Å²) in [6, 6.07) is 11.5. The van der Waals surface area contributed by atoms with Gasteiger partial charge in [0.25, 0.3) is 0 Å². The van der Waals surface area contributed by atoms with Crippen LogP contribution in [0.1, 0.15) is 45.1 Å². The third-order valence-corrected chi connectivity index (χ3v) is 5.13. The lowest BCUT2D eigenvalue weighted by Gasteiger charge is -2.40. The fraction of sp³-hybridized carbons (Fsp3) is 0.684. The minimum atomic E-state index is 0.586. The summed E-state index contributed by atoms with van der Waals surface area (Å²) in [5, 5.41) is 0. The maximum Gasteiger partial charge on any atom is 0.0243 e. The highest BCUT2D eigenvalue weighted by molar-refractivity contribution is 5.15. The van der Waals surface area contributed by atoms with Crippen LogP contribution in [0.5, 0.6) is 0 Å². The number of benzene rings is 1. The normalized spacial score (nSPS) is 20.3. The van der Waals surface area contributed by atoms with Gasteiger partial charge in [-0.2, -0.15) is 0 Å². The van der Waals surface area contributed by atoms with Gasteiger partial charge in [0.15, 0.2) is 0 Å². The Morgan fingerprint density at radius 1 is 1.19 bits per heavy atom. The molecule has 0 aliphatic carbocycles. The number of rotatable bonds is 7. The molecule has 2 unspecified atom stereocenters. The predicted octanol–water partition coefficient (Wildman–Crippen LogP) is 3.70. The van der Waals surface area contributed by atoms with Crippen molar-refractivity contribution < 1.29 is 0 Å². The fourth-order valence-corrected chi connectivity index (χ4v) is 3.83. The van der Waals surface area contributed by atoms with Gasteiger partial charge in [-0.25, -0.2) is 0 Å². The average molecular weight is 288 g/mol. The molecule has 1 heterocycles. The lowest BCUT2D eigenvalue weighted by Crippen LogP contribution is -2.48. The van der Waals surface area contributed by atoms with E-state index < -0.39 is 0 Å². The van der Waals surface area contributed by atoms with Crippen molar-refractivity contribution in [2.24, 2.45) is 17.6 Å². The lowest BCUT2D eigenvalue weighted by molar-refractivity contribution is 0.100. The van der Waals surface area contributed by atoms with Crippen molar-refractivity contribution in [2.75, 3.05) is 19.6 Å². The maximum atomic E-state index is 6.05. The second-order valence-electron chi connectivity index (χ2n) is 6.74. The van der Waals surface area contributed by atoms with Crippen molar-refractivity contribution in [3.8, 4) is 0 Å². The van der Waals surface area contributed by atoms with Gasteiger partial charge in [-0.05, 0) is 56.2 Å². The Kier molecular flexibility index (Phi) is 6.72. The van der Waals surface area contributed by atoms with Crippen LogP contribution in [-0.4, -0.2) is 30.6 Å². The molecule has 0 spiro atoms. The van der Waals surface area contributed by atoms with Gasteiger partial charge in [0.2, 0.25) is 0 Å². The standard InChI is InChI=1S/C19H32N2/c1-3-7-16(2)19(15-20)21-12-10-18(11-13-21)14-17-8-5-4-6-9-17/h4-6,8-9,16,18-19H,3,7,10-15,20H2,1-2H3. The van der Waals surface area contributed by atoms with Crippen LogP contribution >= 0.6 is 0 Å². The van der Waals surface area contributed by atoms with Crippen LogP contribution in [0.2, 0.25) is 0 Å². The van der Waals surface area contributed by atoms with E-state index in [1.54, 1.807) is 0 Å². The number of nitrogens with two attached hydrogens (primary N) is 1. The van der Waals surface area contributed by atoms with Gasteiger partial charge in [-0.3, -0.25) is 4.90 Å². The number of nitrogens with zero attached hydrogens (tertiary/aromatic N) is 1. The summed E-state index contributed by atoms with van der Waals surface area (Å²) in [5.41, 5.74) is 7.54. The van der Waals surface area contributed by atoms with Crippen LogP contribution < -0.4 is 5.73 Å². The summed E-state index contributed by atoms with van der Waals surface area (Å²) < 4.78 is 0. The lowest BCUT2D eigenvalue weighted by atomic mass is 9.87. The van der Waals surface area contributed by atoms with Gasteiger partial charge >= 0.3 is 0 Å². The Morgan fingerprint density at radius 2 is 1.86 bits per heavy atom. The molecule has 2 nitrogen and oxygen atoms in total. The molecule has 0 radical (unpaired) electrons. The van der Waals surface area contributed by atoms with E-state index in [1.807, 2.05) is 0 Å². The molecule has 1 fully saturated rings. The summed E-state index contributed by atoms with van der Waals surface area (Å²) in [6.07, 6.45) is 6.45. The molecule has 2 heteroatoms. The Labute approximate surface area is 130 Å². The largest absolute Gasteiger partial charge is 0.329 e. The number of hydrogen-bond acceptors (Lipinski definition) is 2. The molecule has 0 aromatic heterocycles. The van der Waals surface area contributed by atoms with E-state index >= 15 is 0 Å². The van der Waals surface area contributed by atoms with Gasteiger partial charge in [0.05, 0.1) is 0 Å². The Hall–Kier alpha value is -0.860. The van der Waals surface area contributed by atoms with Crippen molar-refractivity contribution in [3.63, 3.8) is 0 Å². The molecule has 1 aliphatic heterocycles. The van der Waals surface area contributed by atoms with Crippen LogP contribution in [0.15, 0.2) is 30.3 Å². The first-order chi connectivity index (χ1) is 10.2. The van der Waals surface area contributed by atoms with E-state index in [2.05, 4.69) is 49.1 Å². The minimum Gasteiger partial charge on any atom is -0.329 e. The van der Waals surface area contributed by atoms with Crippen molar-refractivity contribution in [3.05, 3.63) is 35.9 Å². The van der Waals surface area contributed by atoms with E-state index in [9.17, 15) is 0 Å². The Balaban J connectivity index is 1.82. The summed E-state index contributed by atoms with van der Waals surface area (Å²) in [5.74, 6) is 1.58. The van der Waals surface area contributed by atoms with Gasteiger partial charge < -0.3 is 5.73 Å². The number of hydrogen-bond donors (Lipinski definition) is 1. The summed E-state index contributed by atoms with van der Waals surface area (Å²) in [4.78, 5) is 2.65. The van der Waals surface area contributed by atoms with E-state index in [4.69, 9.17) is 5.73 Å². The van der Waals surface area contributed by atoms with Crippen molar-refractivity contribution in [2.45, 2.75) is 52.0 Å². The fourth-order valence-electron chi connectivity index (χ4n) is 3.83. The molecule has 1 saturated heterocycles. The molecular formula is C19H32N2. The summed E-state index contributed by atoms with van der Waals surface area (Å²) in [7, 11) is 0. The Bertz CT molecular complexity index is 382. The van der Waals surface area contributed by atoms with Crippen LogP contribution in [0.4, 0.5) is 0 Å². The maximum absolute atomic E-state index is 6.05. The zero-order chi connectivity index (χ0) is 15.1. The second-order valence-corrected chi connectivity index (χ2v) is 6.74. The quantitative estimate of drug-likeness (QED) is 0.829. The average Bonchev–Trinajstić information content (AvgIpc) is 2.51. The predicted molar refractivity (Wildman–Crippen MR) is 91.4 cm³/mol. The molecule has 2 N–H and O–H groups in total. The van der Waals surface area contributed by atoms with Crippen LogP contribution in [0.3, 0.4) is 0 Å². The first-order valence-corrected chi connectivity index (χ1v) is 8.72. The summed E-state index contributed by atoms with van der Waals surface area (Å²) >= 11 is 0. The third kappa shape index (κ3) is 4.82. The van der Waals surface area contributed by atoms with E-state index in [-0.39, 0.29) is 0 Å². The zero-order valence-electron chi connectivity index (χ0n) is 13.8. The molecule has 118 valence electrons. The van der Waals surface area contributed by atoms with Crippen LogP contribution in [0, 0.1) is 11.8 Å². The molecule has 21 heavy (non-hydrogen) atoms. The van der Waals surface area contributed by atoms with E-state index in [1.165, 1.54) is 50.8 Å². The molecule has 1 aromatic carbocycles. The smallest absolute Gasteiger partial charge is 0.0243 e. The van der Waals surface area contributed by atoms with E-state index in [0.717, 1.165) is 18.4 Å². The van der Waals surface area contributed by atoms with Crippen molar-refractivity contribution >= 4 is 0 Å². The molecular weight excluding hydrogens is 256 g/mol. The van der Waals surface area contributed by atoms with Crippen molar-refractivity contribution in [1.82, 2.24) is 4.90 Å². The third-order valence-electron chi connectivity index (χ3n) is 5.13. The first-order valence-electron chi connectivity index (χ1n) is 8.72. The summed E-state index contributed by atoms with van der Waals surface area (Å²) in [6.45, 7) is 7.92. The molecule has 0 saturated carbocycles. The van der Waals surface area contributed by atoms with Gasteiger partial charge in [0.1, 0.15) is 0 Å². The number of piperidine rings is 1. The van der Waals surface area contributed by atoms with Crippen LogP contribution in [-0.2, 0) is 6.42 Å². The molecule has 0 amide bonds. The molecule has 2 rings (SSSR count). The molecule has 0 bridgehead atoms. The van der Waals surface area contributed by atoms with E-state index in [0.29, 0.717) is 6.04 Å². The zero-order valence-corrected chi connectivity index (χ0v) is 13.8. The van der Waals surface area contributed by atoms with Crippen LogP contribution in [0.25, 0.3) is 0 Å². The molecule has 1 aromatic rings. The monoisotopic (exact) mass is 288 g/mol. The highest BCUT2D eigenvalue weighted by atomic mass is 15.2. The van der Waals surface area contributed by atoms with Crippen molar-refractivity contribution in [1.29, 1.82) is 0 Å². The molecule has 1 aliphatic rings. The van der Waals surface area contributed by atoms with Gasteiger partial charge in [-0.1, -0.05) is 50.6 Å². The van der Waals surface area contributed by atoms with Gasteiger partial charge in [-0.15, -0.1) is 0 Å².